The number of likely N-dealkylation sites (N-methyl/N-ethyl adjacent to an activating group) is 1. The van der Waals surface area contributed by atoms with Crippen LogP contribution in [0.1, 0.15) is 112 Å². The Kier molecular flexibility index (Phi) is 14.6. The molecule has 4 aliphatic heterocycles. The first-order valence-electron chi connectivity index (χ1n) is 21.8. The lowest BCUT2D eigenvalue weighted by molar-refractivity contribution is 0.0134. The second kappa shape index (κ2) is 19.5. The first-order valence-corrected chi connectivity index (χ1v) is 23.4. The molecular formula is C46H67ClN4O4S. The number of hydrogen-bond acceptors (Lipinski definition) is 7. The molecule has 2 bridgehead atoms. The number of nitrogens with one attached hydrogen (secondary N) is 1. The van der Waals surface area contributed by atoms with E-state index in [0.29, 0.717) is 29.9 Å². The number of fused-ring (bicyclic) bond motifs is 3. The highest BCUT2D eigenvalue weighted by Gasteiger charge is 2.39. The van der Waals surface area contributed by atoms with E-state index in [1.165, 1.54) is 75.8 Å². The normalized spacial score (nSPS) is 32.2. The Morgan fingerprint density at radius 3 is 2.59 bits per heavy atom. The number of nitrogens with zero attached hydrogens (tertiary/aromatic N) is 3. The molecule has 0 aromatic heterocycles. The first kappa shape index (κ1) is 41.7. The van der Waals surface area contributed by atoms with E-state index in [1.807, 2.05) is 31.4 Å². The van der Waals surface area contributed by atoms with Gasteiger partial charge in [0.1, 0.15) is 16.7 Å². The van der Waals surface area contributed by atoms with Gasteiger partial charge in [0.2, 0.25) is 0 Å². The lowest BCUT2D eigenvalue weighted by Crippen LogP contribution is -2.53. The molecule has 10 heteroatoms. The van der Waals surface area contributed by atoms with Crippen LogP contribution in [-0.4, -0.2) is 97.3 Å². The van der Waals surface area contributed by atoms with Crippen LogP contribution in [-0.2, 0) is 22.1 Å². The molecule has 8 atom stereocenters. The van der Waals surface area contributed by atoms with Gasteiger partial charge in [-0.05, 0) is 124 Å². The van der Waals surface area contributed by atoms with Crippen LogP contribution in [0.2, 0.25) is 5.02 Å². The number of carbonyl (C=O) groups excluding carboxylic acids is 1. The fourth-order valence-corrected chi connectivity index (χ4v) is 11.7. The van der Waals surface area contributed by atoms with Crippen molar-refractivity contribution in [3.63, 3.8) is 0 Å². The van der Waals surface area contributed by atoms with Crippen LogP contribution >= 0.6 is 11.6 Å². The number of allylic oxidation sites excluding steroid dienone is 1. The van der Waals surface area contributed by atoms with Gasteiger partial charge in [-0.2, -0.15) is 0 Å². The largest absolute Gasteiger partial charge is 0.491 e. The summed E-state index contributed by atoms with van der Waals surface area (Å²) >= 11 is 6.44. The number of piperazine rings is 1. The molecule has 2 aromatic carbocycles. The van der Waals surface area contributed by atoms with E-state index >= 15 is 0 Å². The van der Waals surface area contributed by atoms with Crippen molar-refractivity contribution in [3.8, 4) is 5.75 Å². The topological polar surface area (TPSA) is 74.3 Å². The molecule has 2 aliphatic carbocycles. The molecule has 8 nitrogen and oxygen atoms in total. The number of carbonyl (C=O) groups is 1. The van der Waals surface area contributed by atoms with Crippen molar-refractivity contribution in [2.45, 2.75) is 114 Å². The average Bonchev–Trinajstić information content (AvgIpc) is 3.34. The minimum Gasteiger partial charge on any atom is -0.491 e. The molecule has 1 amide bonds. The quantitative estimate of drug-likeness (QED) is 0.293. The molecule has 8 unspecified atom stereocenters. The van der Waals surface area contributed by atoms with Crippen LogP contribution in [0.25, 0.3) is 0 Å². The first-order chi connectivity index (χ1) is 27.2. The van der Waals surface area contributed by atoms with Gasteiger partial charge in [-0.1, -0.05) is 75.8 Å². The molecule has 0 radical (unpaired) electrons. The van der Waals surface area contributed by atoms with Crippen LogP contribution in [0.15, 0.2) is 48.6 Å². The van der Waals surface area contributed by atoms with Crippen LogP contribution in [0.3, 0.4) is 0 Å². The number of amides is 1. The SMILES string of the molecule is CCCc1cc(Cl)ccc1C1COc2ccc3cc2N(C1)CC1CCC1C(OC)/C=C/CC(C)C(CC1CCC1)S(=O)NC3=O.CN1CCN2CCCCC2C1. The van der Waals surface area contributed by atoms with E-state index in [2.05, 4.69) is 64.6 Å². The number of halogens is 1. The van der Waals surface area contributed by atoms with E-state index in [1.54, 1.807) is 0 Å². The lowest BCUT2D eigenvalue weighted by Gasteiger charge is -2.43. The predicted molar refractivity (Wildman–Crippen MR) is 230 cm³/mol. The highest BCUT2D eigenvalue weighted by molar-refractivity contribution is 7.84. The maximum absolute atomic E-state index is 13.8. The highest BCUT2D eigenvalue weighted by Crippen LogP contribution is 2.43. The van der Waals surface area contributed by atoms with Crippen LogP contribution in [0.5, 0.6) is 5.75 Å². The molecule has 2 saturated heterocycles. The number of benzene rings is 2. The second-order valence-electron chi connectivity index (χ2n) is 17.8. The summed E-state index contributed by atoms with van der Waals surface area (Å²) in [5, 5.41) is 0.672. The summed E-state index contributed by atoms with van der Waals surface area (Å²) in [6, 6.07) is 12.8. The van der Waals surface area contributed by atoms with Crippen molar-refractivity contribution in [1.29, 1.82) is 0 Å². The zero-order valence-electron chi connectivity index (χ0n) is 34.4. The minimum absolute atomic E-state index is 0.0522. The summed E-state index contributed by atoms with van der Waals surface area (Å²) in [4.78, 5) is 21.2. The average molecular weight is 808 g/mol. The maximum Gasteiger partial charge on any atom is 0.263 e. The predicted octanol–water partition coefficient (Wildman–Crippen LogP) is 8.65. The van der Waals surface area contributed by atoms with Gasteiger partial charge in [-0.25, -0.2) is 4.21 Å². The van der Waals surface area contributed by atoms with E-state index in [9.17, 15) is 9.00 Å². The summed E-state index contributed by atoms with van der Waals surface area (Å²) in [6.07, 6.45) is 18.5. The van der Waals surface area contributed by atoms with E-state index in [0.717, 1.165) is 74.1 Å². The van der Waals surface area contributed by atoms with E-state index < -0.39 is 11.0 Å². The third kappa shape index (κ3) is 10.0. The Bertz CT molecular complexity index is 1690. The van der Waals surface area contributed by atoms with Gasteiger partial charge in [0, 0.05) is 62.4 Å². The van der Waals surface area contributed by atoms with Crippen molar-refractivity contribution in [1.82, 2.24) is 14.5 Å². The zero-order chi connectivity index (χ0) is 39.2. The van der Waals surface area contributed by atoms with E-state index in [4.69, 9.17) is 21.1 Å². The van der Waals surface area contributed by atoms with Gasteiger partial charge < -0.3 is 19.3 Å². The number of anilines is 1. The number of piperidine rings is 1. The minimum atomic E-state index is -1.48. The Morgan fingerprint density at radius 1 is 0.982 bits per heavy atom. The Morgan fingerprint density at radius 2 is 1.84 bits per heavy atom. The van der Waals surface area contributed by atoms with Crippen molar-refractivity contribution < 1.29 is 18.5 Å². The Hall–Kier alpha value is -2.43. The number of aryl methyl sites for hydroxylation is 1. The van der Waals surface area contributed by atoms with Crippen LogP contribution in [0.4, 0.5) is 5.69 Å². The molecule has 4 heterocycles. The number of rotatable bonds is 6. The molecule has 6 aliphatic rings. The standard InChI is InChI=1S/C37H49ClN2O4S.C9H18N2/c1-4-7-26-19-30(38)14-16-31(26)29-22-40-21-28-12-15-32(28)34(43-3)11-5-8-24(2)36(18-25-9-6-10-25)45(42)39-37(41)27-13-17-35(44-23-29)33(40)20-27;1-10-6-7-11-5-3-2-4-9(11)8-10/h5,11,13-14,16-17,19-20,24-25,28-29,32,34,36H,4,6-10,12,15,18,21-23H2,1-3H3,(H,39,41);9H,2-8H2,1H3/b11-5+;. The lowest BCUT2D eigenvalue weighted by atomic mass is 9.70. The fraction of sp³-hybridized carbons (Fsp3) is 0.674. The van der Waals surface area contributed by atoms with Crippen molar-refractivity contribution in [2.24, 2.45) is 23.7 Å². The number of methoxy groups -OCH3 is 1. The van der Waals surface area contributed by atoms with Crippen molar-refractivity contribution in [2.75, 3.05) is 64.9 Å². The highest BCUT2D eigenvalue weighted by atomic mass is 35.5. The number of ether oxygens (including phenoxy) is 2. The van der Waals surface area contributed by atoms with Gasteiger partial charge in [0.15, 0.2) is 0 Å². The van der Waals surface area contributed by atoms with Gasteiger partial charge in [-0.3, -0.25) is 14.4 Å². The van der Waals surface area contributed by atoms with Gasteiger partial charge in [0.05, 0.1) is 23.6 Å². The summed E-state index contributed by atoms with van der Waals surface area (Å²) in [5.74, 6) is 2.33. The summed E-state index contributed by atoms with van der Waals surface area (Å²) in [5.41, 5.74) is 4.01. The summed E-state index contributed by atoms with van der Waals surface area (Å²) in [7, 11) is 2.58. The third-order valence-electron chi connectivity index (χ3n) is 13.9. The monoisotopic (exact) mass is 806 g/mol. The molecule has 308 valence electrons. The Balaban J connectivity index is 0.000000373. The Labute approximate surface area is 344 Å². The van der Waals surface area contributed by atoms with Crippen LogP contribution in [0, 0.1) is 23.7 Å². The second-order valence-corrected chi connectivity index (χ2v) is 19.6. The maximum atomic E-state index is 13.8. The van der Waals surface area contributed by atoms with Gasteiger partial charge in [-0.15, -0.1) is 0 Å². The van der Waals surface area contributed by atoms with Gasteiger partial charge >= 0.3 is 0 Å². The molecule has 2 saturated carbocycles. The smallest absolute Gasteiger partial charge is 0.263 e. The molecule has 2 aromatic rings. The molecule has 4 fully saturated rings. The molecule has 1 N–H and O–H groups in total. The molecular weight excluding hydrogens is 740 g/mol. The molecule has 8 rings (SSSR count). The number of hydrogen-bond donors (Lipinski definition) is 1. The summed E-state index contributed by atoms with van der Waals surface area (Å²) < 4.78 is 29.3. The third-order valence-corrected chi connectivity index (χ3v) is 15.7. The van der Waals surface area contributed by atoms with Gasteiger partial charge in [0.25, 0.3) is 5.91 Å². The molecule has 56 heavy (non-hydrogen) atoms. The van der Waals surface area contributed by atoms with E-state index in [-0.39, 0.29) is 29.1 Å². The fourth-order valence-electron chi connectivity index (χ4n) is 10.1. The van der Waals surface area contributed by atoms with Crippen molar-refractivity contribution >= 4 is 34.2 Å². The van der Waals surface area contributed by atoms with Crippen molar-refractivity contribution in [3.05, 3.63) is 70.3 Å². The van der Waals surface area contributed by atoms with Crippen LogP contribution < -0.4 is 14.4 Å². The molecule has 0 spiro atoms. The summed E-state index contributed by atoms with van der Waals surface area (Å²) in [6.45, 7) is 11.8. The zero-order valence-corrected chi connectivity index (χ0v) is 36.0.